The van der Waals surface area contributed by atoms with Crippen molar-refractivity contribution >= 4 is 11.7 Å². The molecule has 0 saturated carbocycles. The van der Waals surface area contributed by atoms with E-state index < -0.39 is 0 Å². The molecule has 2 aliphatic rings. The number of hydrogen-bond acceptors (Lipinski definition) is 4. The zero-order valence-corrected chi connectivity index (χ0v) is 12.0. The highest BCUT2D eigenvalue weighted by atomic mass is 16.2. The number of rotatable bonds is 3. The summed E-state index contributed by atoms with van der Waals surface area (Å²) in [7, 11) is 1.88. The Balaban J connectivity index is 1.51. The fourth-order valence-corrected chi connectivity index (χ4v) is 3.08. The van der Waals surface area contributed by atoms with Crippen LogP contribution in [0.1, 0.15) is 19.3 Å². The molecule has 5 heteroatoms. The lowest BCUT2D eigenvalue weighted by atomic mass is 10.0. The van der Waals surface area contributed by atoms with Crippen molar-refractivity contribution in [3.05, 3.63) is 24.4 Å². The van der Waals surface area contributed by atoms with Crippen LogP contribution >= 0.6 is 0 Å². The monoisotopic (exact) mass is 274 g/mol. The quantitative estimate of drug-likeness (QED) is 0.888. The Morgan fingerprint density at radius 1 is 1.20 bits per heavy atom. The zero-order chi connectivity index (χ0) is 13.9. The van der Waals surface area contributed by atoms with Crippen LogP contribution in [-0.2, 0) is 4.79 Å². The van der Waals surface area contributed by atoms with E-state index in [1.54, 1.807) is 0 Å². The summed E-state index contributed by atoms with van der Waals surface area (Å²) in [6.45, 7) is 2.89. The number of nitrogens with zero attached hydrogens (tertiary/aromatic N) is 3. The molecule has 1 aromatic heterocycles. The predicted molar refractivity (Wildman–Crippen MR) is 78.6 cm³/mol. The highest BCUT2D eigenvalue weighted by Crippen LogP contribution is 2.19. The lowest BCUT2D eigenvalue weighted by molar-refractivity contribution is -0.128. The Morgan fingerprint density at radius 3 is 2.60 bits per heavy atom. The van der Waals surface area contributed by atoms with Gasteiger partial charge in [0.05, 0.1) is 6.04 Å². The summed E-state index contributed by atoms with van der Waals surface area (Å²) in [5.74, 6) is 1.31. The molecular formula is C15H22N4O. The third-order valence-corrected chi connectivity index (χ3v) is 4.33. The number of amides is 1. The molecule has 1 unspecified atom stereocenters. The highest BCUT2D eigenvalue weighted by molar-refractivity contribution is 5.83. The molecule has 3 rings (SSSR count). The van der Waals surface area contributed by atoms with Crippen LogP contribution in [0.2, 0.25) is 0 Å². The molecule has 1 amide bonds. The number of nitrogens with one attached hydrogen (secondary N) is 1. The van der Waals surface area contributed by atoms with Gasteiger partial charge < -0.3 is 15.1 Å². The van der Waals surface area contributed by atoms with Crippen molar-refractivity contribution in [3.8, 4) is 0 Å². The molecule has 2 fully saturated rings. The van der Waals surface area contributed by atoms with Crippen LogP contribution < -0.4 is 10.2 Å². The second-order valence-corrected chi connectivity index (χ2v) is 5.72. The Labute approximate surface area is 120 Å². The van der Waals surface area contributed by atoms with E-state index in [1.807, 2.05) is 30.3 Å². The summed E-state index contributed by atoms with van der Waals surface area (Å²) < 4.78 is 0. The van der Waals surface area contributed by atoms with Crippen molar-refractivity contribution in [1.29, 1.82) is 0 Å². The van der Waals surface area contributed by atoms with Gasteiger partial charge in [-0.15, -0.1) is 0 Å². The SMILES string of the molecule is CN1CCC(NC2CCN(c3ccccn3)CC2)C1=O. The number of carbonyl (C=O) groups is 1. The summed E-state index contributed by atoms with van der Waals surface area (Å²) in [5.41, 5.74) is 0. The largest absolute Gasteiger partial charge is 0.357 e. The number of piperidine rings is 1. The van der Waals surface area contributed by atoms with Crippen LogP contribution in [0, 0.1) is 0 Å². The normalized spacial score (nSPS) is 24.4. The molecular weight excluding hydrogens is 252 g/mol. The summed E-state index contributed by atoms with van der Waals surface area (Å²) in [6, 6.07) is 6.52. The molecule has 5 nitrogen and oxygen atoms in total. The van der Waals surface area contributed by atoms with E-state index in [0.29, 0.717) is 6.04 Å². The molecule has 0 bridgehead atoms. The van der Waals surface area contributed by atoms with Gasteiger partial charge in [0, 0.05) is 38.9 Å². The molecule has 0 radical (unpaired) electrons. The Bertz CT molecular complexity index is 456. The number of pyridine rings is 1. The topological polar surface area (TPSA) is 48.5 Å². The summed E-state index contributed by atoms with van der Waals surface area (Å²) >= 11 is 0. The van der Waals surface area contributed by atoms with Crippen molar-refractivity contribution < 1.29 is 4.79 Å². The first-order chi connectivity index (χ1) is 9.74. The van der Waals surface area contributed by atoms with Crippen LogP contribution in [0.15, 0.2) is 24.4 Å². The first-order valence-corrected chi connectivity index (χ1v) is 7.41. The van der Waals surface area contributed by atoms with Crippen molar-refractivity contribution in [1.82, 2.24) is 15.2 Å². The number of likely N-dealkylation sites (N-methyl/N-ethyl adjacent to an activating group) is 1. The van der Waals surface area contributed by atoms with E-state index >= 15 is 0 Å². The van der Waals surface area contributed by atoms with Crippen LogP contribution in [-0.4, -0.2) is 54.6 Å². The van der Waals surface area contributed by atoms with Crippen LogP contribution in [0.25, 0.3) is 0 Å². The number of carbonyl (C=O) groups excluding carboxylic acids is 1. The van der Waals surface area contributed by atoms with E-state index in [2.05, 4.69) is 21.3 Å². The molecule has 0 aliphatic carbocycles. The average Bonchev–Trinajstić information content (AvgIpc) is 2.81. The molecule has 1 N–H and O–H groups in total. The fourth-order valence-electron chi connectivity index (χ4n) is 3.08. The van der Waals surface area contributed by atoms with Gasteiger partial charge in [0.1, 0.15) is 5.82 Å². The average molecular weight is 274 g/mol. The van der Waals surface area contributed by atoms with Gasteiger partial charge in [-0.1, -0.05) is 6.07 Å². The molecule has 108 valence electrons. The lowest BCUT2D eigenvalue weighted by Crippen LogP contribution is -2.48. The van der Waals surface area contributed by atoms with Gasteiger partial charge in [-0.05, 0) is 31.4 Å². The maximum absolute atomic E-state index is 11.9. The molecule has 0 aromatic carbocycles. The minimum atomic E-state index is 0.0337. The van der Waals surface area contributed by atoms with Gasteiger partial charge in [0.2, 0.25) is 5.91 Å². The first-order valence-electron chi connectivity index (χ1n) is 7.41. The highest BCUT2D eigenvalue weighted by Gasteiger charge is 2.31. The molecule has 2 saturated heterocycles. The van der Waals surface area contributed by atoms with E-state index in [0.717, 1.165) is 44.7 Å². The van der Waals surface area contributed by atoms with Crippen molar-refractivity contribution in [3.63, 3.8) is 0 Å². The van der Waals surface area contributed by atoms with Crippen molar-refractivity contribution in [2.75, 3.05) is 31.6 Å². The maximum atomic E-state index is 11.9. The Hall–Kier alpha value is -1.62. The van der Waals surface area contributed by atoms with Gasteiger partial charge in [0.15, 0.2) is 0 Å². The van der Waals surface area contributed by atoms with Gasteiger partial charge in [-0.3, -0.25) is 4.79 Å². The third kappa shape index (κ3) is 2.77. The molecule has 2 aliphatic heterocycles. The fraction of sp³-hybridized carbons (Fsp3) is 0.600. The van der Waals surface area contributed by atoms with E-state index in [9.17, 15) is 4.79 Å². The minimum absolute atomic E-state index is 0.0337. The third-order valence-electron chi connectivity index (χ3n) is 4.33. The number of anilines is 1. The van der Waals surface area contributed by atoms with Gasteiger partial charge in [0.25, 0.3) is 0 Å². The standard InChI is InChI=1S/C15H22N4O/c1-18-9-7-13(15(18)20)17-12-5-10-19(11-6-12)14-4-2-3-8-16-14/h2-4,8,12-13,17H,5-7,9-11H2,1H3. The lowest BCUT2D eigenvalue weighted by Gasteiger charge is -2.34. The number of likely N-dealkylation sites (tertiary alicyclic amines) is 1. The number of hydrogen-bond donors (Lipinski definition) is 1. The Kier molecular flexibility index (Phi) is 3.87. The zero-order valence-electron chi connectivity index (χ0n) is 12.0. The van der Waals surface area contributed by atoms with Crippen molar-refractivity contribution in [2.24, 2.45) is 0 Å². The molecule has 1 aromatic rings. The minimum Gasteiger partial charge on any atom is -0.357 e. The van der Waals surface area contributed by atoms with Crippen molar-refractivity contribution in [2.45, 2.75) is 31.3 Å². The van der Waals surface area contributed by atoms with Gasteiger partial charge in [-0.25, -0.2) is 4.98 Å². The number of aromatic nitrogens is 1. The first kappa shape index (κ1) is 13.4. The van der Waals surface area contributed by atoms with E-state index in [4.69, 9.17) is 0 Å². The van der Waals surface area contributed by atoms with Crippen LogP contribution in [0.4, 0.5) is 5.82 Å². The molecule has 3 heterocycles. The smallest absolute Gasteiger partial charge is 0.239 e. The van der Waals surface area contributed by atoms with Gasteiger partial charge in [-0.2, -0.15) is 0 Å². The molecule has 1 atom stereocenters. The molecule has 0 spiro atoms. The second-order valence-electron chi connectivity index (χ2n) is 5.72. The second kappa shape index (κ2) is 5.79. The summed E-state index contributed by atoms with van der Waals surface area (Å²) in [4.78, 5) is 20.4. The predicted octanol–water partition coefficient (Wildman–Crippen LogP) is 0.871. The van der Waals surface area contributed by atoms with Crippen LogP contribution in [0.5, 0.6) is 0 Å². The van der Waals surface area contributed by atoms with E-state index in [-0.39, 0.29) is 11.9 Å². The summed E-state index contributed by atoms with van der Waals surface area (Å²) in [6.07, 6.45) is 4.93. The van der Waals surface area contributed by atoms with Crippen LogP contribution in [0.3, 0.4) is 0 Å². The maximum Gasteiger partial charge on any atom is 0.239 e. The van der Waals surface area contributed by atoms with E-state index in [1.165, 1.54) is 0 Å². The van der Waals surface area contributed by atoms with Gasteiger partial charge >= 0.3 is 0 Å². The summed E-state index contributed by atoms with van der Waals surface area (Å²) in [5, 5.41) is 3.53. The molecule has 20 heavy (non-hydrogen) atoms. The Morgan fingerprint density at radius 2 is 2.00 bits per heavy atom.